The number of hydrogen-bond acceptors (Lipinski definition) is 2. The summed E-state index contributed by atoms with van der Waals surface area (Å²) >= 11 is 0. The number of β-lactam (4-membered cyclic amide) rings is 1. The van der Waals surface area contributed by atoms with Crippen LogP contribution in [0.3, 0.4) is 0 Å². The summed E-state index contributed by atoms with van der Waals surface area (Å²) in [6.07, 6.45) is 2.05. The van der Waals surface area contributed by atoms with Gasteiger partial charge in [-0.15, -0.1) is 6.58 Å². The summed E-state index contributed by atoms with van der Waals surface area (Å²) < 4.78 is 0. The topological polar surface area (TPSA) is 44.1 Å². The molecular formula is C17H20N2O. The van der Waals surface area contributed by atoms with Gasteiger partial charge in [-0.2, -0.15) is 5.26 Å². The smallest absolute Gasteiger partial charge is 0.246 e. The van der Waals surface area contributed by atoms with E-state index in [4.69, 9.17) is 0 Å². The fourth-order valence-electron chi connectivity index (χ4n) is 2.95. The molecule has 0 aliphatic carbocycles. The molecule has 2 atom stereocenters. The minimum Gasteiger partial charge on any atom is -0.327 e. The van der Waals surface area contributed by atoms with E-state index >= 15 is 0 Å². The number of nitrogens with zero attached hydrogens (tertiary/aromatic N) is 2. The van der Waals surface area contributed by atoms with Crippen LogP contribution in [0.1, 0.15) is 38.8 Å². The summed E-state index contributed by atoms with van der Waals surface area (Å²) in [6.45, 7) is 9.69. The van der Waals surface area contributed by atoms with Crippen molar-refractivity contribution in [3.05, 3.63) is 48.6 Å². The molecule has 1 saturated heterocycles. The third-order valence-electron chi connectivity index (χ3n) is 3.83. The van der Waals surface area contributed by atoms with Gasteiger partial charge in [0, 0.05) is 5.54 Å². The van der Waals surface area contributed by atoms with Crippen LogP contribution >= 0.6 is 0 Å². The Hall–Kier alpha value is -2.08. The van der Waals surface area contributed by atoms with Gasteiger partial charge in [0.25, 0.3) is 0 Å². The maximum absolute atomic E-state index is 12.6. The predicted octanol–water partition coefficient (Wildman–Crippen LogP) is 3.45. The van der Waals surface area contributed by atoms with Gasteiger partial charge in [-0.25, -0.2) is 0 Å². The first-order valence-electron chi connectivity index (χ1n) is 6.79. The maximum Gasteiger partial charge on any atom is 0.246 e. The SMILES string of the molecule is C=CC[C@@]1(C#N)C(=O)N(C(C)(C)C)[C@H]1c1ccccc1. The number of allylic oxidation sites excluding steroid dienone is 1. The largest absolute Gasteiger partial charge is 0.327 e. The average molecular weight is 268 g/mol. The maximum atomic E-state index is 12.6. The van der Waals surface area contributed by atoms with Gasteiger partial charge in [0.1, 0.15) is 0 Å². The van der Waals surface area contributed by atoms with E-state index in [1.807, 2.05) is 56.0 Å². The van der Waals surface area contributed by atoms with Crippen molar-refractivity contribution >= 4 is 5.91 Å². The Morgan fingerprint density at radius 2 is 2.00 bits per heavy atom. The highest BCUT2D eigenvalue weighted by Crippen LogP contribution is 2.54. The first kappa shape index (κ1) is 14.3. The minimum atomic E-state index is -1.00. The Kier molecular flexibility index (Phi) is 3.43. The molecule has 0 spiro atoms. The van der Waals surface area contributed by atoms with Crippen molar-refractivity contribution in [3.63, 3.8) is 0 Å². The van der Waals surface area contributed by atoms with Crippen LogP contribution in [-0.2, 0) is 4.79 Å². The molecule has 0 unspecified atom stereocenters. The van der Waals surface area contributed by atoms with Crippen molar-refractivity contribution in [1.29, 1.82) is 5.26 Å². The number of carbonyl (C=O) groups is 1. The molecule has 1 aromatic rings. The van der Waals surface area contributed by atoms with Crippen LogP contribution in [0, 0.1) is 16.7 Å². The van der Waals surface area contributed by atoms with E-state index in [-0.39, 0.29) is 17.5 Å². The highest BCUT2D eigenvalue weighted by Gasteiger charge is 2.63. The van der Waals surface area contributed by atoms with E-state index in [9.17, 15) is 10.1 Å². The monoisotopic (exact) mass is 268 g/mol. The van der Waals surface area contributed by atoms with E-state index in [0.29, 0.717) is 6.42 Å². The zero-order chi connectivity index (χ0) is 15.0. The van der Waals surface area contributed by atoms with Gasteiger partial charge in [0.15, 0.2) is 5.41 Å². The van der Waals surface area contributed by atoms with E-state index in [1.54, 1.807) is 6.08 Å². The number of likely N-dealkylation sites (tertiary alicyclic amines) is 1. The molecular weight excluding hydrogens is 248 g/mol. The Labute approximate surface area is 120 Å². The molecule has 2 rings (SSSR count). The summed E-state index contributed by atoms with van der Waals surface area (Å²) in [5.74, 6) is -0.0961. The molecule has 20 heavy (non-hydrogen) atoms. The van der Waals surface area contributed by atoms with Crippen molar-refractivity contribution in [1.82, 2.24) is 4.90 Å². The molecule has 104 valence electrons. The molecule has 1 amide bonds. The lowest BCUT2D eigenvalue weighted by atomic mass is 9.65. The number of benzene rings is 1. The molecule has 1 aliphatic heterocycles. The second-order valence-corrected chi connectivity index (χ2v) is 6.24. The van der Waals surface area contributed by atoms with Crippen LogP contribution in [0.5, 0.6) is 0 Å². The van der Waals surface area contributed by atoms with Crippen molar-refractivity contribution in [3.8, 4) is 6.07 Å². The van der Waals surface area contributed by atoms with Gasteiger partial charge < -0.3 is 4.90 Å². The summed E-state index contributed by atoms with van der Waals surface area (Å²) in [4.78, 5) is 14.4. The van der Waals surface area contributed by atoms with Crippen LogP contribution in [0.4, 0.5) is 0 Å². The molecule has 3 heteroatoms. The number of carbonyl (C=O) groups excluding carboxylic acids is 1. The van der Waals surface area contributed by atoms with Gasteiger partial charge in [0.2, 0.25) is 5.91 Å². The normalized spacial score (nSPS) is 25.8. The standard InChI is InChI=1S/C17H20N2O/c1-5-11-17(12-18)14(13-9-7-6-8-10-13)19(15(17)20)16(2,3)4/h5-10,14H,1,11H2,2-4H3/t14-,17-/m0/s1. The number of hydrogen-bond donors (Lipinski definition) is 0. The fourth-order valence-corrected chi connectivity index (χ4v) is 2.95. The third kappa shape index (κ3) is 1.92. The Balaban J connectivity index is 2.53. The molecule has 0 radical (unpaired) electrons. The first-order chi connectivity index (χ1) is 9.38. The lowest BCUT2D eigenvalue weighted by molar-refractivity contribution is -0.176. The summed E-state index contributed by atoms with van der Waals surface area (Å²) in [6, 6.07) is 11.8. The van der Waals surface area contributed by atoms with Crippen LogP contribution in [0.25, 0.3) is 0 Å². The number of rotatable bonds is 3. The van der Waals surface area contributed by atoms with Crippen molar-refractivity contribution < 1.29 is 4.79 Å². The Bertz CT molecular complexity index is 565. The van der Waals surface area contributed by atoms with Gasteiger partial charge in [-0.3, -0.25) is 4.79 Å². The highest BCUT2D eigenvalue weighted by atomic mass is 16.2. The van der Waals surface area contributed by atoms with Crippen LogP contribution in [0.2, 0.25) is 0 Å². The number of amides is 1. The Morgan fingerprint density at radius 1 is 1.40 bits per heavy atom. The fraction of sp³-hybridized carbons (Fsp3) is 0.412. The summed E-state index contributed by atoms with van der Waals surface area (Å²) in [5.41, 5.74) is -0.305. The molecule has 0 saturated carbocycles. The summed E-state index contributed by atoms with van der Waals surface area (Å²) in [7, 11) is 0. The van der Waals surface area contributed by atoms with Crippen molar-refractivity contribution in [2.75, 3.05) is 0 Å². The zero-order valence-corrected chi connectivity index (χ0v) is 12.3. The quantitative estimate of drug-likeness (QED) is 0.622. The van der Waals surface area contributed by atoms with E-state index < -0.39 is 5.41 Å². The van der Waals surface area contributed by atoms with Gasteiger partial charge in [-0.1, -0.05) is 36.4 Å². The van der Waals surface area contributed by atoms with Crippen LogP contribution in [-0.4, -0.2) is 16.3 Å². The molecule has 1 heterocycles. The molecule has 3 nitrogen and oxygen atoms in total. The van der Waals surface area contributed by atoms with Crippen molar-refractivity contribution in [2.24, 2.45) is 5.41 Å². The van der Waals surface area contributed by atoms with Gasteiger partial charge in [-0.05, 0) is 32.8 Å². The molecule has 1 fully saturated rings. The van der Waals surface area contributed by atoms with E-state index in [0.717, 1.165) is 5.56 Å². The first-order valence-corrected chi connectivity index (χ1v) is 6.79. The predicted molar refractivity (Wildman–Crippen MR) is 78.6 cm³/mol. The van der Waals surface area contributed by atoms with Crippen LogP contribution < -0.4 is 0 Å². The highest BCUT2D eigenvalue weighted by molar-refractivity contribution is 5.94. The minimum absolute atomic E-state index is 0.0961. The lowest BCUT2D eigenvalue weighted by Crippen LogP contribution is -2.68. The average Bonchev–Trinajstić information content (AvgIpc) is 2.41. The molecule has 1 aliphatic rings. The van der Waals surface area contributed by atoms with Crippen LogP contribution in [0.15, 0.2) is 43.0 Å². The molecule has 0 aromatic heterocycles. The summed E-state index contributed by atoms with van der Waals surface area (Å²) in [5, 5.41) is 9.61. The molecule has 0 N–H and O–H groups in total. The third-order valence-corrected chi connectivity index (χ3v) is 3.83. The van der Waals surface area contributed by atoms with Gasteiger partial charge in [0.05, 0.1) is 12.1 Å². The van der Waals surface area contributed by atoms with Crippen molar-refractivity contribution in [2.45, 2.75) is 38.8 Å². The zero-order valence-electron chi connectivity index (χ0n) is 12.3. The van der Waals surface area contributed by atoms with E-state index in [2.05, 4.69) is 12.6 Å². The lowest BCUT2D eigenvalue weighted by Gasteiger charge is -2.58. The second kappa shape index (κ2) is 4.79. The molecule has 0 bridgehead atoms. The molecule has 1 aromatic carbocycles. The Morgan fingerprint density at radius 3 is 2.45 bits per heavy atom. The van der Waals surface area contributed by atoms with E-state index in [1.165, 1.54) is 0 Å². The van der Waals surface area contributed by atoms with Gasteiger partial charge >= 0.3 is 0 Å². The second-order valence-electron chi connectivity index (χ2n) is 6.24. The number of nitriles is 1.